The lowest BCUT2D eigenvalue weighted by atomic mass is 10.0. The van der Waals surface area contributed by atoms with Crippen LogP contribution in [0.5, 0.6) is 0 Å². The van der Waals surface area contributed by atoms with Crippen molar-refractivity contribution in [1.29, 1.82) is 0 Å². The van der Waals surface area contributed by atoms with Crippen LogP contribution in [0.3, 0.4) is 0 Å². The van der Waals surface area contributed by atoms with Crippen molar-refractivity contribution in [3.63, 3.8) is 0 Å². The van der Waals surface area contributed by atoms with E-state index in [1.807, 2.05) is 6.20 Å². The number of anilines is 2. The zero-order valence-corrected chi connectivity index (χ0v) is 12.6. The van der Waals surface area contributed by atoms with Crippen LogP contribution in [-0.4, -0.2) is 24.1 Å². The first-order valence-electron chi connectivity index (χ1n) is 7.56. The first-order valence-corrected chi connectivity index (χ1v) is 7.56. The number of aromatic nitrogens is 1. The van der Waals surface area contributed by atoms with Crippen molar-refractivity contribution in [2.24, 2.45) is 0 Å². The van der Waals surface area contributed by atoms with Gasteiger partial charge in [0, 0.05) is 29.9 Å². The predicted octanol–water partition coefficient (Wildman–Crippen LogP) is 3.96. The summed E-state index contributed by atoms with van der Waals surface area (Å²) in [5.74, 6) is 1.16. The maximum Gasteiger partial charge on any atom is 0.136 e. The van der Waals surface area contributed by atoms with Crippen LogP contribution >= 0.6 is 0 Å². The summed E-state index contributed by atoms with van der Waals surface area (Å²) < 4.78 is 0. The normalized spacial score (nSPS) is 15.3. The second kappa shape index (κ2) is 5.31. The molecule has 1 aliphatic heterocycles. The van der Waals surface area contributed by atoms with Crippen LogP contribution in [0.15, 0.2) is 24.4 Å². The van der Waals surface area contributed by atoms with Crippen LogP contribution in [0.25, 0.3) is 10.8 Å². The molecule has 0 amide bonds. The van der Waals surface area contributed by atoms with E-state index in [2.05, 4.69) is 49.2 Å². The van der Waals surface area contributed by atoms with Gasteiger partial charge in [0.25, 0.3) is 0 Å². The van der Waals surface area contributed by atoms with Gasteiger partial charge in [-0.1, -0.05) is 18.2 Å². The molecule has 2 heterocycles. The molecule has 0 unspecified atom stereocenters. The number of aryl methyl sites for hydroxylation is 1. The summed E-state index contributed by atoms with van der Waals surface area (Å²) in [5.41, 5.74) is 2.45. The number of hydrogen-bond acceptors (Lipinski definition) is 3. The van der Waals surface area contributed by atoms with Gasteiger partial charge in [-0.25, -0.2) is 4.98 Å². The van der Waals surface area contributed by atoms with Crippen molar-refractivity contribution in [2.75, 3.05) is 23.3 Å². The van der Waals surface area contributed by atoms with Crippen LogP contribution < -0.4 is 10.2 Å². The van der Waals surface area contributed by atoms with E-state index in [1.165, 1.54) is 29.2 Å². The fourth-order valence-electron chi connectivity index (χ4n) is 3.04. The van der Waals surface area contributed by atoms with Crippen molar-refractivity contribution in [2.45, 2.75) is 39.7 Å². The molecule has 20 heavy (non-hydrogen) atoms. The van der Waals surface area contributed by atoms with E-state index in [9.17, 15) is 0 Å². The molecular formula is C17H23N3. The van der Waals surface area contributed by atoms with Gasteiger partial charge in [-0.05, 0) is 39.2 Å². The quantitative estimate of drug-likeness (QED) is 0.914. The maximum absolute atomic E-state index is 4.77. The summed E-state index contributed by atoms with van der Waals surface area (Å²) in [6.45, 7) is 8.77. The van der Waals surface area contributed by atoms with Gasteiger partial charge >= 0.3 is 0 Å². The summed E-state index contributed by atoms with van der Waals surface area (Å²) in [4.78, 5) is 7.19. The Balaban J connectivity index is 2.17. The summed E-state index contributed by atoms with van der Waals surface area (Å²) in [7, 11) is 0. The topological polar surface area (TPSA) is 28.2 Å². The molecule has 3 nitrogen and oxygen atoms in total. The standard InChI is InChI=1S/C17H23N3/c1-12(2)19-15-11-18-17(20-9-4-5-10-20)16-13(3)7-6-8-14(15)16/h6-8,11-12,19H,4-5,9-10H2,1-3H3. The minimum absolute atomic E-state index is 0.415. The molecule has 0 bridgehead atoms. The third-order valence-electron chi connectivity index (χ3n) is 3.95. The maximum atomic E-state index is 4.77. The van der Waals surface area contributed by atoms with E-state index in [1.54, 1.807) is 0 Å². The lowest BCUT2D eigenvalue weighted by molar-refractivity contribution is 0.897. The Morgan fingerprint density at radius 1 is 1.20 bits per heavy atom. The number of fused-ring (bicyclic) bond motifs is 1. The highest BCUT2D eigenvalue weighted by molar-refractivity contribution is 6.02. The Kier molecular flexibility index (Phi) is 3.51. The van der Waals surface area contributed by atoms with Crippen LogP contribution in [-0.2, 0) is 0 Å². The molecule has 1 fully saturated rings. The minimum Gasteiger partial charge on any atom is -0.381 e. The second-order valence-corrected chi connectivity index (χ2v) is 5.99. The fraction of sp³-hybridized carbons (Fsp3) is 0.471. The molecule has 0 atom stereocenters. The number of hydrogen-bond donors (Lipinski definition) is 1. The van der Waals surface area contributed by atoms with E-state index >= 15 is 0 Å². The van der Waals surface area contributed by atoms with Crippen molar-refractivity contribution in [1.82, 2.24) is 4.98 Å². The van der Waals surface area contributed by atoms with Gasteiger partial charge in [0.2, 0.25) is 0 Å². The SMILES string of the molecule is Cc1cccc2c(NC(C)C)cnc(N3CCCC3)c12. The van der Waals surface area contributed by atoms with Gasteiger partial charge in [0.15, 0.2) is 0 Å². The molecule has 0 spiro atoms. The molecule has 0 radical (unpaired) electrons. The Hall–Kier alpha value is -1.77. The van der Waals surface area contributed by atoms with E-state index in [0.717, 1.165) is 24.6 Å². The van der Waals surface area contributed by atoms with E-state index in [4.69, 9.17) is 4.98 Å². The van der Waals surface area contributed by atoms with E-state index in [0.29, 0.717) is 6.04 Å². The number of pyridine rings is 1. The lowest BCUT2D eigenvalue weighted by Gasteiger charge is -2.22. The van der Waals surface area contributed by atoms with Crippen molar-refractivity contribution >= 4 is 22.3 Å². The molecule has 1 aromatic carbocycles. The minimum atomic E-state index is 0.415. The van der Waals surface area contributed by atoms with Crippen LogP contribution in [0, 0.1) is 6.92 Å². The number of nitrogens with one attached hydrogen (secondary N) is 1. The molecule has 3 rings (SSSR count). The molecule has 1 saturated heterocycles. The lowest BCUT2D eigenvalue weighted by Crippen LogP contribution is -2.20. The third-order valence-corrected chi connectivity index (χ3v) is 3.95. The predicted molar refractivity (Wildman–Crippen MR) is 86.7 cm³/mol. The van der Waals surface area contributed by atoms with Gasteiger partial charge in [0.05, 0.1) is 11.9 Å². The highest BCUT2D eigenvalue weighted by Gasteiger charge is 2.18. The average Bonchev–Trinajstić information content (AvgIpc) is 2.93. The Morgan fingerprint density at radius 2 is 1.95 bits per heavy atom. The van der Waals surface area contributed by atoms with Crippen molar-refractivity contribution in [3.05, 3.63) is 30.0 Å². The number of nitrogens with zero attached hydrogens (tertiary/aromatic N) is 2. The Bertz CT molecular complexity index is 613. The van der Waals surface area contributed by atoms with Gasteiger partial charge in [0.1, 0.15) is 5.82 Å². The summed E-state index contributed by atoms with van der Waals surface area (Å²) in [5, 5.41) is 6.10. The van der Waals surface area contributed by atoms with Crippen LogP contribution in [0.4, 0.5) is 11.5 Å². The Labute approximate surface area is 121 Å². The van der Waals surface area contributed by atoms with Gasteiger partial charge < -0.3 is 10.2 Å². The summed E-state index contributed by atoms with van der Waals surface area (Å²) in [6, 6.07) is 6.94. The van der Waals surface area contributed by atoms with Crippen LogP contribution in [0.2, 0.25) is 0 Å². The zero-order chi connectivity index (χ0) is 14.1. The highest BCUT2D eigenvalue weighted by atomic mass is 15.2. The van der Waals surface area contributed by atoms with E-state index < -0.39 is 0 Å². The summed E-state index contributed by atoms with van der Waals surface area (Å²) in [6.07, 6.45) is 4.55. The Morgan fingerprint density at radius 3 is 2.65 bits per heavy atom. The molecular weight excluding hydrogens is 246 g/mol. The number of benzene rings is 1. The molecule has 106 valence electrons. The third kappa shape index (κ3) is 2.33. The van der Waals surface area contributed by atoms with Gasteiger partial charge in [-0.2, -0.15) is 0 Å². The molecule has 3 heteroatoms. The molecule has 1 aromatic heterocycles. The summed E-state index contributed by atoms with van der Waals surface area (Å²) >= 11 is 0. The first kappa shape index (κ1) is 13.2. The second-order valence-electron chi connectivity index (χ2n) is 5.99. The fourth-order valence-corrected chi connectivity index (χ4v) is 3.04. The average molecular weight is 269 g/mol. The monoisotopic (exact) mass is 269 g/mol. The molecule has 0 aliphatic carbocycles. The number of rotatable bonds is 3. The van der Waals surface area contributed by atoms with Gasteiger partial charge in [-0.15, -0.1) is 0 Å². The van der Waals surface area contributed by atoms with Crippen LogP contribution in [0.1, 0.15) is 32.3 Å². The van der Waals surface area contributed by atoms with E-state index in [-0.39, 0.29) is 0 Å². The molecule has 1 N–H and O–H groups in total. The smallest absolute Gasteiger partial charge is 0.136 e. The first-order chi connectivity index (χ1) is 9.66. The van der Waals surface area contributed by atoms with Gasteiger partial charge in [-0.3, -0.25) is 0 Å². The molecule has 1 aliphatic rings. The largest absolute Gasteiger partial charge is 0.381 e. The highest BCUT2D eigenvalue weighted by Crippen LogP contribution is 2.34. The van der Waals surface area contributed by atoms with Crippen molar-refractivity contribution in [3.8, 4) is 0 Å². The molecule has 2 aromatic rings. The zero-order valence-electron chi connectivity index (χ0n) is 12.6. The molecule has 0 saturated carbocycles. The van der Waals surface area contributed by atoms with Crippen molar-refractivity contribution < 1.29 is 0 Å².